The summed E-state index contributed by atoms with van der Waals surface area (Å²) in [5.41, 5.74) is 0.701. The molecule has 0 aliphatic heterocycles. The van der Waals surface area contributed by atoms with E-state index in [9.17, 15) is 4.79 Å². The Labute approximate surface area is 71.1 Å². The van der Waals surface area contributed by atoms with Gasteiger partial charge in [0.15, 0.2) is 0 Å². The fraction of sp³-hybridized carbons (Fsp3) is 0.222. The van der Waals surface area contributed by atoms with Gasteiger partial charge in [-0.05, 0) is 19.1 Å². The van der Waals surface area contributed by atoms with Crippen LogP contribution in [-0.4, -0.2) is 5.91 Å². The highest BCUT2D eigenvalue weighted by Crippen LogP contribution is 2.10. The Kier molecular flexibility index (Phi) is 2.69. The topological polar surface area (TPSA) is 42.2 Å². The molecule has 0 aliphatic carbocycles. The van der Waals surface area contributed by atoms with Gasteiger partial charge in [-0.1, -0.05) is 6.08 Å². The van der Waals surface area contributed by atoms with Crippen molar-refractivity contribution in [3.05, 3.63) is 30.2 Å². The molecule has 1 heterocycles. The van der Waals surface area contributed by atoms with Crippen molar-refractivity contribution < 1.29 is 9.21 Å². The molecule has 3 heteroatoms. The van der Waals surface area contributed by atoms with Gasteiger partial charge in [0.25, 0.3) is 0 Å². The van der Waals surface area contributed by atoms with Crippen LogP contribution in [0.15, 0.2) is 28.9 Å². The molecule has 1 rings (SSSR count). The molecule has 0 radical (unpaired) electrons. The van der Waals surface area contributed by atoms with E-state index in [1.165, 1.54) is 6.92 Å². The lowest BCUT2D eigenvalue weighted by atomic mass is 10.3. The minimum atomic E-state index is -0.0977. The highest BCUT2D eigenvalue weighted by molar-refractivity contribution is 5.83. The number of amides is 1. The summed E-state index contributed by atoms with van der Waals surface area (Å²) in [6, 6.07) is 3.58. The van der Waals surface area contributed by atoms with Crippen LogP contribution in [0.2, 0.25) is 0 Å². The lowest BCUT2D eigenvalue weighted by Gasteiger charge is -2.02. The molecule has 0 saturated heterocycles. The summed E-state index contributed by atoms with van der Waals surface area (Å²) < 4.78 is 5.10. The summed E-state index contributed by atoms with van der Waals surface area (Å²) in [6.45, 7) is 3.31. The maximum Gasteiger partial charge on any atom is 0.221 e. The smallest absolute Gasteiger partial charge is 0.221 e. The van der Waals surface area contributed by atoms with Crippen LogP contribution in [0.5, 0.6) is 0 Å². The Bertz CT molecular complexity index is 285. The summed E-state index contributed by atoms with van der Waals surface area (Å²) in [5.74, 6) is 0.576. The average Bonchev–Trinajstić information content (AvgIpc) is 2.51. The zero-order valence-electron chi connectivity index (χ0n) is 7.13. The SMILES string of the molecule is C/C=C(/NC(C)=O)c1ccco1. The van der Waals surface area contributed by atoms with E-state index in [-0.39, 0.29) is 5.91 Å². The highest BCUT2D eigenvalue weighted by Gasteiger charge is 2.03. The van der Waals surface area contributed by atoms with Crippen LogP contribution in [0.1, 0.15) is 19.6 Å². The van der Waals surface area contributed by atoms with Gasteiger partial charge in [-0.25, -0.2) is 0 Å². The fourth-order valence-corrected chi connectivity index (χ4v) is 0.897. The van der Waals surface area contributed by atoms with Crippen LogP contribution >= 0.6 is 0 Å². The first-order valence-corrected chi connectivity index (χ1v) is 3.72. The van der Waals surface area contributed by atoms with Crippen LogP contribution in [-0.2, 0) is 4.79 Å². The van der Waals surface area contributed by atoms with E-state index in [1.54, 1.807) is 24.5 Å². The number of hydrogen-bond acceptors (Lipinski definition) is 2. The normalized spacial score (nSPS) is 11.3. The Hall–Kier alpha value is -1.51. The second-order valence-electron chi connectivity index (χ2n) is 2.36. The zero-order valence-corrected chi connectivity index (χ0v) is 7.13. The van der Waals surface area contributed by atoms with Gasteiger partial charge in [-0.2, -0.15) is 0 Å². The predicted octanol–water partition coefficient (Wildman–Crippen LogP) is 1.78. The Balaban J connectivity index is 2.78. The number of nitrogens with one attached hydrogen (secondary N) is 1. The summed E-state index contributed by atoms with van der Waals surface area (Å²) in [5, 5.41) is 2.66. The molecule has 0 aromatic carbocycles. The van der Waals surface area contributed by atoms with Crippen molar-refractivity contribution in [1.82, 2.24) is 5.32 Å². The molecule has 1 aromatic heterocycles. The third-order valence-corrected chi connectivity index (χ3v) is 1.39. The first-order valence-electron chi connectivity index (χ1n) is 3.72. The Morgan fingerprint density at radius 3 is 2.83 bits per heavy atom. The number of carbonyl (C=O) groups excluding carboxylic acids is 1. The van der Waals surface area contributed by atoms with Crippen molar-refractivity contribution in [2.75, 3.05) is 0 Å². The third-order valence-electron chi connectivity index (χ3n) is 1.39. The van der Waals surface area contributed by atoms with E-state index in [1.807, 2.05) is 6.92 Å². The lowest BCUT2D eigenvalue weighted by Crippen LogP contribution is -2.17. The van der Waals surface area contributed by atoms with E-state index >= 15 is 0 Å². The predicted molar refractivity (Wildman–Crippen MR) is 46.2 cm³/mol. The minimum absolute atomic E-state index is 0.0977. The van der Waals surface area contributed by atoms with Crippen LogP contribution in [0.25, 0.3) is 5.70 Å². The summed E-state index contributed by atoms with van der Waals surface area (Å²) in [7, 11) is 0. The van der Waals surface area contributed by atoms with Crippen molar-refractivity contribution in [2.45, 2.75) is 13.8 Å². The first-order chi connectivity index (χ1) is 5.74. The summed E-state index contributed by atoms with van der Waals surface area (Å²) in [4.78, 5) is 10.7. The second-order valence-corrected chi connectivity index (χ2v) is 2.36. The highest BCUT2D eigenvalue weighted by atomic mass is 16.3. The van der Waals surface area contributed by atoms with Crippen LogP contribution < -0.4 is 5.32 Å². The number of rotatable bonds is 2. The standard InChI is InChI=1S/C9H11NO2/c1-3-8(10-7(2)11)9-5-4-6-12-9/h3-6H,1-2H3,(H,10,11)/b8-3+. The Morgan fingerprint density at radius 2 is 2.42 bits per heavy atom. The van der Waals surface area contributed by atoms with Gasteiger partial charge in [0.05, 0.1) is 12.0 Å². The Morgan fingerprint density at radius 1 is 1.67 bits per heavy atom. The molecule has 0 bridgehead atoms. The van der Waals surface area contributed by atoms with E-state index in [2.05, 4.69) is 5.32 Å². The number of allylic oxidation sites excluding steroid dienone is 1. The van der Waals surface area contributed by atoms with Gasteiger partial charge >= 0.3 is 0 Å². The molecule has 3 nitrogen and oxygen atoms in total. The summed E-state index contributed by atoms with van der Waals surface area (Å²) in [6.07, 6.45) is 3.36. The number of furan rings is 1. The molecular weight excluding hydrogens is 154 g/mol. The molecule has 12 heavy (non-hydrogen) atoms. The van der Waals surface area contributed by atoms with Gasteiger partial charge in [0.2, 0.25) is 5.91 Å². The zero-order chi connectivity index (χ0) is 8.97. The van der Waals surface area contributed by atoms with Crippen molar-refractivity contribution in [3.8, 4) is 0 Å². The van der Waals surface area contributed by atoms with Gasteiger partial charge in [0, 0.05) is 6.92 Å². The van der Waals surface area contributed by atoms with E-state index in [4.69, 9.17) is 4.42 Å². The van der Waals surface area contributed by atoms with Crippen molar-refractivity contribution >= 4 is 11.6 Å². The minimum Gasteiger partial charge on any atom is -0.463 e. The number of hydrogen-bond donors (Lipinski definition) is 1. The molecule has 0 spiro atoms. The maximum atomic E-state index is 10.7. The van der Waals surface area contributed by atoms with Crippen LogP contribution in [0.3, 0.4) is 0 Å². The van der Waals surface area contributed by atoms with Crippen LogP contribution in [0, 0.1) is 0 Å². The molecule has 1 aromatic rings. The molecule has 0 atom stereocenters. The van der Waals surface area contributed by atoms with Gasteiger partial charge < -0.3 is 9.73 Å². The lowest BCUT2D eigenvalue weighted by molar-refractivity contribution is -0.117. The van der Waals surface area contributed by atoms with E-state index in [0.29, 0.717) is 11.5 Å². The molecular formula is C9H11NO2. The molecule has 0 saturated carbocycles. The molecule has 0 unspecified atom stereocenters. The molecule has 1 amide bonds. The summed E-state index contributed by atoms with van der Waals surface area (Å²) >= 11 is 0. The molecule has 1 N–H and O–H groups in total. The van der Waals surface area contributed by atoms with Gasteiger partial charge in [0.1, 0.15) is 5.76 Å². The van der Waals surface area contributed by atoms with Crippen molar-refractivity contribution in [3.63, 3.8) is 0 Å². The average molecular weight is 165 g/mol. The monoisotopic (exact) mass is 165 g/mol. The van der Waals surface area contributed by atoms with Crippen molar-refractivity contribution in [2.24, 2.45) is 0 Å². The third kappa shape index (κ3) is 1.99. The van der Waals surface area contributed by atoms with Gasteiger partial charge in [-0.3, -0.25) is 4.79 Å². The van der Waals surface area contributed by atoms with E-state index in [0.717, 1.165) is 0 Å². The largest absolute Gasteiger partial charge is 0.463 e. The maximum absolute atomic E-state index is 10.7. The molecule has 64 valence electrons. The number of carbonyl (C=O) groups is 1. The van der Waals surface area contributed by atoms with Crippen LogP contribution in [0.4, 0.5) is 0 Å². The van der Waals surface area contributed by atoms with E-state index < -0.39 is 0 Å². The second kappa shape index (κ2) is 3.76. The molecule has 0 aliphatic rings. The van der Waals surface area contributed by atoms with Crippen molar-refractivity contribution in [1.29, 1.82) is 0 Å². The molecule has 0 fully saturated rings. The first kappa shape index (κ1) is 8.59. The van der Waals surface area contributed by atoms with Gasteiger partial charge in [-0.15, -0.1) is 0 Å². The quantitative estimate of drug-likeness (QED) is 0.725. The fourth-order valence-electron chi connectivity index (χ4n) is 0.897.